The average molecular weight is 426 g/mol. The third-order valence-corrected chi connectivity index (χ3v) is 5.34. The first-order valence-corrected chi connectivity index (χ1v) is 10.2. The number of nitrogen functional groups attached to an aromatic ring is 1. The molecule has 4 rings (SSSR count). The lowest BCUT2D eigenvalue weighted by Crippen LogP contribution is -2.40. The van der Waals surface area contributed by atoms with Crippen LogP contribution in [0.15, 0.2) is 29.8 Å². The summed E-state index contributed by atoms with van der Waals surface area (Å²) in [5.41, 5.74) is 7.15. The summed E-state index contributed by atoms with van der Waals surface area (Å²) in [7, 11) is 1.45. The van der Waals surface area contributed by atoms with E-state index < -0.39 is 0 Å². The highest BCUT2D eigenvalue weighted by molar-refractivity contribution is 5.92. The molecule has 11 nitrogen and oxygen atoms in total. The number of aromatic nitrogens is 3. The number of carbonyl (C=O) groups excluding carboxylic acids is 1. The molecule has 1 aliphatic heterocycles. The monoisotopic (exact) mass is 426 g/mol. The van der Waals surface area contributed by atoms with Crippen LogP contribution in [0.4, 0.5) is 22.1 Å². The zero-order valence-corrected chi connectivity index (χ0v) is 17.3. The lowest BCUT2D eigenvalue weighted by atomic mass is 9.96. The highest BCUT2D eigenvalue weighted by atomic mass is 16.6. The van der Waals surface area contributed by atoms with Gasteiger partial charge in [-0.3, -0.25) is 0 Å². The van der Waals surface area contributed by atoms with Gasteiger partial charge in [0.05, 0.1) is 23.7 Å². The Morgan fingerprint density at radius 2 is 2.16 bits per heavy atom. The number of amides is 2. The number of hydrogen-bond donors (Lipinski definition) is 3. The summed E-state index contributed by atoms with van der Waals surface area (Å²) in [5, 5.41) is 9.57. The van der Waals surface area contributed by atoms with Gasteiger partial charge >= 0.3 is 6.03 Å². The van der Waals surface area contributed by atoms with E-state index in [0.29, 0.717) is 41.9 Å². The molecule has 11 heteroatoms. The topological polar surface area (TPSA) is 140 Å². The van der Waals surface area contributed by atoms with Crippen molar-refractivity contribution < 1.29 is 14.4 Å². The van der Waals surface area contributed by atoms with Crippen molar-refractivity contribution in [3.05, 3.63) is 30.2 Å². The first-order valence-electron chi connectivity index (χ1n) is 10.2. The van der Waals surface area contributed by atoms with Crippen molar-refractivity contribution in [2.75, 3.05) is 36.1 Å². The predicted octanol–water partition coefficient (Wildman–Crippen LogP) is 1.77. The highest BCUT2D eigenvalue weighted by Crippen LogP contribution is 2.25. The third kappa shape index (κ3) is 5.11. The molecule has 4 N–H and O–H groups in total. The second kappa shape index (κ2) is 9.45. The minimum Gasteiger partial charge on any atom is -0.474 e. The maximum atomic E-state index is 12.4. The highest BCUT2D eigenvalue weighted by Gasteiger charge is 2.27. The fourth-order valence-electron chi connectivity index (χ4n) is 3.49. The normalized spacial score (nSPS) is 18.6. The van der Waals surface area contributed by atoms with Crippen molar-refractivity contribution in [2.24, 2.45) is 5.16 Å². The summed E-state index contributed by atoms with van der Waals surface area (Å²) < 4.78 is 5.73. The minimum atomic E-state index is -0.287. The summed E-state index contributed by atoms with van der Waals surface area (Å²) in [6.07, 6.45) is 8.89. The van der Waals surface area contributed by atoms with Crippen LogP contribution in [-0.4, -0.2) is 59.5 Å². The number of rotatable bonds is 7. The molecule has 2 aliphatic rings. The molecule has 0 bridgehead atoms. The molecule has 31 heavy (non-hydrogen) atoms. The molecule has 1 atom stereocenters. The number of anilines is 3. The number of pyridine rings is 1. The smallest absolute Gasteiger partial charge is 0.319 e. The van der Waals surface area contributed by atoms with E-state index in [0.717, 1.165) is 19.3 Å². The van der Waals surface area contributed by atoms with Crippen LogP contribution in [0.1, 0.15) is 31.2 Å². The van der Waals surface area contributed by atoms with E-state index in [1.807, 2.05) is 4.90 Å². The molecule has 2 aromatic heterocycles. The fraction of sp³-hybridized carbons (Fsp3) is 0.450. The van der Waals surface area contributed by atoms with E-state index in [9.17, 15) is 4.79 Å². The molecule has 0 aromatic carbocycles. The minimum absolute atomic E-state index is 0.0439. The molecule has 0 radical (unpaired) electrons. The number of nitrogens with zero attached hydrogens (tertiary/aromatic N) is 5. The molecular formula is C20H26N8O3. The van der Waals surface area contributed by atoms with Gasteiger partial charge in [0.25, 0.3) is 0 Å². The van der Waals surface area contributed by atoms with Crippen LogP contribution in [-0.2, 0) is 4.84 Å². The summed E-state index contributed by atoms with van der Waals surface area (Å²) in [4.78, 5) is 31.8. The summed E-state index contributed by atoms with van der Waals surface area (Å²) >= 11 is 0. The van der Waals surface area contributed by atoms with Crippen LogP contribution in [0, 0.1) is 0 Å². The average Bonchev–Trinajstić information content (AvgIpc) is 3.19. The maximum Gasteiger partial charge on any atom is 0.319 e. The Morgan fingerprint density at radius 1 is 1.29 bits per heavy atom. The van der Waals surface area contributed by atoms with Crippen LogP contribution in [0.2, 0.25) is 0 Å². The molecule has 1 saturated heterocycles. The first-order chi connectivity index (χ1) is 15.1. The standard InChI is InChI=1S/C20H26N8O3/c1-30-25-10-16-18(21)23-12-24-19(16)28-8-7-14(11-28)27-20(29)26-13-5-6-17(22-9-13)31-15-3-2-4-15/h5-6,9-10,12,14-15H,2-4,7-8,11H2,1H3,(H2,21,23,24)(H2,26,27,29)/b25-10+. The van der Waals surface area contributed by atoms with Crippen LogP contribution >= 0.6 is 0 Å². The SMILES string of the molecule is CO/N=C/c1c(N)ncnc1N1CCC(NC(=O)Nc2ccc(OC3CCC3)nc2)C1. The lowest BCUT2D eigenvalue weighted by molar-refractivity contribution is 0.114. The fourth-order valence-corrected chi connectivity index (χ4v) is 3.49. The Kier molecular flexibility index (Phi) is 6.29. The van der Waals surface area contributed by atoms with E-state index in [2.05, 4.69) is 30.7 Å². The molecule has 2 aromatic rings. The number of nitrogens with two attached hydrogens (primary N) is 1. The number of nitrogens with one attached hydrogen (secondary N) is 2. The Labute approximate surface area is 180 Å². The number of ether oxygens (including phenoxy) is 1. The van der Waals surface area contributed by atoms with Gasteiger partial charge in [-0.25, -0.2) is 19.7 Å². The van der Waals surface area contributed by atoms with Crippen molar-refractivity contribution in [2.45, 2.75) is 37.8 Å². The zero-order valence-electron chi connectivity index (χ0n) is 17.3. The zero-order chi connectivity index (χ0) is 21.6. The molecule has 0 spiro atoms. The van der Waals surface area contributed by atoms with E-state index in [4.69, 9.17) is 15.3 Å². The van der Waals surface area contributed by atoms with Gasteiger partial charge in [-0.2, -0.15) is 0 Å². The van der Waals surface area contributed by atoms with Gasteiger partial charge in [-0.1, -0.05) is 5.16 Å². The second-order valence-corrected chi connectivity index (χ2v) is 7.50. The molecular weight excluding hydrogens is 400 g/mol. The van der Waals surface area contributed by atoms with Crippen molar-refractivity contribution in [3.8, 4) is 5.88 Å². The van der Waals surface area contributed by atoms with Crippen molar-refractivity contribution in [1.82, 2.24) is 20.3 Å². The first kappa shape index (κ1) is 20.6. The molecule has 1 unspecified atom stereocenters. The van der Waals surface area contributed by atoms with Crippen LogP contribution in [0.3, 0.4) is 0 Å². The number of hydrogen-bond acceptors (Lipinski definition) is 9. The van der Waals surface area contributed by atoms with Crippen molar-refractivity contribution in [3.63, 3.8) is 0 Å². The third-order valence-electron chi connectivity index (χ3n) is 5.34. The summed E-state index contributed by atoms with van der Waals surface area (Å²) in [5.74, 6) is 1.56. The van der Waals surface area contributed by atoms with Crippen molar-refractivity contribution >= 4 is 29.6 Å². The van der Waals surface area contributed by atoms with Gasteiger partial charge in [0.15, 0.2) is 0 Å². The van der Waals surface area contributed by atoms with Gasteiger partial charge in [0.2, 0.25) is 5.88 Å². The Bertz CT molecular complexity index is 933. The van der Waals surface area contributed by atoms with E-state index in [1.165, 1.54) is 26.1 Å². The lowest BCUT2D eigenvalue weighted by Gasteiger charge is -2.25. The van der Waals surface area contributed by atoms with E-state index >= 15 is 0 Å². The van der Waals surface area contributed by atoms with Crippen LogP contribution < -0.4 is 26.0 Å². The molecule has 3 heterocycles. The van der Waals surface area contributed by atoms with Crippen molar-refractivity contribution in [1.29, 1.82) is 0 Å². The Morgan fingerprint density at radius 3 is 2.87 bits per heavy atom. The summed E-state index contributed by atoms with van der Waals surface area (Å²) in [6.45, 7) is 1.30. The maximum absolute atomic E-state index is 12.4. The van der Waals surface area contributed by atoms with Crippen LogP contribution in [0.25, 0.3) is 0 Å². The quantitative estimate of drug-likeness (QED) is 0.449. The molecule has 2 fully saturated rings. The Balaban J connectivity index is 1.30. The number of carbonyl (C=O) groups is 1. The van der Waals surface area contributed by atoms with Gasteiger partial charge in [0, 0.05) is 25.2 Å². The van der Waals surface area contributed by atoms with Crippen LogP contribution in [0.5, 0.6) is 5.88 Å². The second-order valence-electron chi connectivity index (χ2n) is 7.50. The number of urea groups is 1. The van der Waals surface area contributed by atoms with Gasteiger partial charge < -0.3 is 30.8 Å². The molecule has 1 aliphatic carbocycles. The van der Waals surface area contributed by atoms with Gasteiger partial charge in [-0.05, 0) is 31.7 Å². The number of oxime groups is 1. The molecule has 1 saturated carbocycles. The van der Waals surface area contributed by atoms with Gasteiger partial charge in [-0.15, -0.1) is 0 Å². The largest absolute Gasteiger partial charge is 0.474 e. The predicted molar refractivity (Wildman–Crippen MR) is 116 cm³/mol. The van der Waals surface area contributed by atoms with E-state index in [1.54, 1.807) is 18.3 Å². The molecule has 164 valence electrons. The van der Waals surface area contributed by atoms with E-state index in [-0.39, 0.29) is 18.2 Å². The Hall–Kier alpha value is -3.63. The van der Waals surface area contributed by atoms with Gasteiger partial charge in [0.1, 0.15) is 31.2 Å². The molecule has 2 amide bonds. The summed E-state index contributed by atoms with van der Waals surface area (Å²) in [6, 6.07) is 3.22.